The molecule has 0 bridgehead atoms. The summed E-state index contributed by atoms with van der Waals surface area (Å²) < 4.78 is 20.1. The van der Waals surface area contributed by atoms with Crippen LogP contribution in [0.15, 0.2) is 51.8 Å². The Morgan fingerprint density at radius 1 is 1.11 bits per heavy atom. The fourth-order valence-electron chi connectivity index (χ4n) is 3.18. The van der Waals surface area contributed by atoms with Crippen LogP contribution in [-0.2, 0) is 13.0 Å². The van der Waals surface area contributed by atoms with E-state index in [0.717, 1.165) is 23.1 Å². The Morgan fingerprint density at radius 3 is 2.64 bits per heavy atom. The van der Waals surface area contributed by atoms with Crippen molar-refractivity contribution in [3.05, 3.63) is 75.8 Å². The second-order valence-corrected chi connectivity index (χ2v) is 6.67. The first-order chi connectivity index (χ1) is 13.5. The Hall–Kier alpha value is -3.35. The number of nitrogens with zero attached hydrogens (tertiary/aromatic N) is 4. The van der Waals surface area contributed by atoms with Gasteiger partial charge in [0, 0.05) is 12.1 Å². The van der Waals surface area contributed by atoms with Crippen LogP contribution in [0.4, 0.5) is 4.39 Å². The van der Waals surface area contributed by atoms with Crippen LogP contribution in [-0.4, -0.2) is 19.7 Å². The minimum absolute atomic E-state index is 0.0664. The Balaban J connectivity index is 1.68. The molecule has 28 heavy (non-hydrogen) atoms. The molecule has 0 aliphatic carbocycles. The van der Waals surface area contributed by atoms with Gasteiger partial charge in [-0.25, -0.2) is 9.37 Å². The van der Waals surface area contributed by atoms with E-state index in [9.17, 15) is 9.18 Å². The number of hydrogen-bond donors (Lipinski definition) is 0. The summed E-state index contributed by atoms with van der Waals surface area (Å²) in [4.78, 5) is 21.2. The van der Waals surface area contributed by atoms with Gasteiger partial charge in [0.2, 0.25) is 11.7 Å². The van der Waals surface area contributed by atoms with E-state index < -0.39 is 0 Å². The lowest BCUT2D eigenvalue weighted by Gasteiger charge is -2.10. The zero-order valence-electron chi connectivity index (χ0n) is 15.6. The van der Waals surface area contributed by atoms with Gasteiger partial charge in [0.25, 0.3) is 5.56 Å². The Morgan fingerprint density at radius 2 is 1.89 bits per heavy atom. The van der Waals surface area contributed by atoms with Crippen LogP contribution in [0.25, 0.3) is 22.4 Å². The number of rotatable bonds is 5. The molecule has 7 heteroatoms. The van der Waals surface area contributed by atoms with Crippen LogP contribution < -0.4 is 5.56 Å². The minimum Gasteiger partial charge on any atom is -0.339 e. The van der Waals surface area contributed by atoms with Gasteiger partial charge in [-0.1, -0.05) is 24.2 Å². The fourth-order valence-corrected chi connectivity index (χ4v) is 3.18. The van der Waals surface area contributed by atoms with Gasteiger partial charge < -0.3 is 9.09 Å². The van der Waals surface area contributed by atoms with Crippen molar-refractivity contribution in [2.75, 3.05) is 0 Å². The van der Waals surface area contributed by atoms with Crippen LogP contribution in [0.1, 0.15) is 30.5 Å². The molecule has 0 saturated carbocycles. The molecule has 4 aromatic rings. The number of fused-ring (bicyclic) bond motifs is 1. The highest BCUT2D eigenvalue weighted by molar-refractivity contribution is 5.80. The largest absolute Gasteiger partial charge is 0.339 e. The number of benzene rings is 2. The Kier molecular flexibility index (Phi) is 4.73. The average molecular weight is 378 g/mol. The van der Waals surface area contributed by atoms with E-state index >= 15 is 0 Å². The Bertz CT molecular complexity index is 1200. The zero-order valence-corrected chi connectivity index (χ0v) is 15.6. The molecule has 0 aliphatic rings. The quantitative estimate of drug-likeness (QED) is 0.527. The van der Waals surface area contributed by atoms with E-state index in [1.165, 1.54) is 12.1 Å². The van der Waals surface area contributed by atoms with Crippen LogP contribution in [0, 0.1) is 12.7 Å². The summed E-state index contributed by atoms with van der Waals surface area (Å²) in [5.41, 5.74) is 3.54. The van der Waals surface area contributed by atoms with Crippen molar-refractivity contribution < 1.29 is 8.91 Å². The standard InChI is InChI=1S/C21H19FN4O2/c1-3-10-26-18-9-6-15(12-17(18)23-13(2)21(26)27)20-24-19(28-25-20)11-14-4-7-16(22)8-5-14/h4-9,12H,3,10-11H2,1-2H3. The summed E-state index contributed by atoms with van der Waals surface area (Å²) in [6.45, 7) is 4.39. The van der Waals surface area contributed by atoms with E-state index in [0.29, 0.717) is 35.9 Å². The van der Waals surface area contributed by atoms with E-state index in [1.807, 2.05) is 25.1 Å². The molecule has 0 aliphatic heterocycles. The molecular formula is C21H19FN4O2. The average Bonchev–Trinajstić information content (AvgIpc) is 3.15. The maximum Gasteiger partial charge on any atom is 0.272 e. The summed E-state index contributed by atoms with van der Waals surface area (Å²) in [6, 6.07) is 11.8. The van der Waals surface area contributed by atoms with Crippen LogP contribution in [0.2, 0.25) is 0 Å². The van der Waals surface area contributed by atoms with E-state index in [4.69, 9.17) is 4.52 Å². The van der Waals surface area contributed by atoms with Gasteiger partial charge in [-0.15, -0.1) is 0 Å². The first-order valence-corrected chi connectivity index (χ1v) is 9.13. The van der Waals surface area contributed by atoms with Crippen molar-refractivity contribution >= 4 is 11.0 Å². The molecule has 0 spiro atoms. The smallest absolute Gasteiger partial charge is 0.272 e. The summed E-state index contributed by atoms with van der Waals surface area (Å²) in [6.07, 6.45) is 1.28. The van der Waals surface area contributed by atoms with Gasteiger partial charge >= 0.3 is 0 Å². The first-order valence-electron chi connectivity index (χ1n) is 9.13. The molecule has 2 aromatic carbocycles. The maximum atomic E-state index is 13.0. The lowest BCUT2D eigenvalue weighted by Crippen LogP contribution is -2.24. The number of aryl methyl sites for hydroxylation is 2. The SMILES string of the molecule is CCCn1c(=O)c(C)nc2cc(-c3noc(Cc4ccc(F)cc4)n3)ccc21. The third kappa shape index (κ3) is 3.43. The zero-order chi connectivity index (χ0) is 19.7. The Labute approximate surface area is 160 Å². The van der Waals surface area contributed by atoms with Gasteiger partial charge in [-0.2, -0.15) is 4.98 Å². The van der Waals surface area contributed by atoms with E-state index in [2.05, 4.69) is 15.1 Å². The molecule has 0 N–H and O–H groups in total. The third-order valence-electron chi connectivity index (χ3n) is 4.55. The molecule has 6 nitrogen and oxygen atoms in total. The first kappa shape index (κ1) is 18.0. The number of aromatic nitrogens is 4. The van der Waals surface area contributed by atoms with Gasteiger partial charge in [0.1, 0.15) is 11.5 Å². The van der Waals surface area contributed by atoms with Crippen molar-refractivity contribution in [2.24, 2.45) is 0 Å². The molecule has 2 aromatic heterocycles. The molecule has 0 amide bonds. The summed E-state index contributed by atoms with van der Waals surface area (Å²) >= 11 is 0. The van der Waals surface area contributed by atoms with Crippen molar-refractivity contribution in [3.8, 4) is 11.4 Å². The van der Waals surface area contributed by atoms with Gasteiger partial charge in [-0.3, -0.25) is 4.79 Å². The second-order valence-electron chi connectivity index (χ2n) is 6.67. The number of halogens is 1. The minimum atomic E-state index is -0.282. The van der Waals surface area contributed by atoms with Crippen molar-refractivity contribution in [2.45, 2.75) is 33.2 Å². The van der Waals surface area contributed by atoms with Gasteiger partial charge in [0.05, 0.1) is 17.5 Å². The molecule has 0 fully saturated rings. The van der Waals surface area contributed by atoms with E-state index in [1.54, 1.807) is 23.6 Å². The molecule has 0 radical (unpaired) electrons. The molecule has 0 atom stereocenters. The van der Waals surface area contributed by atoms with Crippen LogP contribution in [0.5, 0.6) is 0 Å². The van der Waals surface area contributed by atoms with Crippen molar-refractivity contribution in [1.29, 1.82) is 0 Å². The van der Waals surface area contributed by atoms with Gasteiger partial charge in [0.15, 0.2) is 0 Å². The van der Waals surface area contributed by atoms with Crippen LogP contribution >= 0.6 is 0 Å². The molecular weight excluding hydrogens is 359 g/mol. The summed E-state index contributed by atoms with van der Waals surface area (Å²) in [5, 5.41) is 4.05. The summed E-state index contributed by atoms with van der Waals surface area (Å²) in [5.74, 6) is 0.615. The van der Waals surface area contributed by atoms with Crippen molar-refractivity contribution in [1.82, 2.24) is 19.7 Å². The summed E-state index contributed by atoms with van der Waals surface area (Å²) in [7, 11) is 0. The topological polar surface area (TPSA) is 73.8 Å². The lowest BCUT2D eigenvalue weighted by molar-refractivity contribution is 0.385. The normalized spacial score (nSPS) is 11.2. The molecule has 0 saturated heterocycles. The van der Waals surface area contributed by atoms with Crippen molar-refractivity contribution in [3.63, 3.8) is 0 Å². The van der Waals surface area contributed by atoms with Gasteiger partial charge in [-0.05, 0) is 49.2 Å². The highest BCUT2D eigenvalue weighted by Gasteiger charge is 2.13. The number of hydrogen-bond acceptors (Lipinski definition) is 5. The maximum absolute atomic E-state index is 13.0. The molecule has 142 valence electrons. The lowest BCUT2D eigenvalue weighted by atomic mass is 10.1. The molecule has 2 heterocycles. The molecule has 4 rings (SSSR count). The predicted molar refractivity (Wildman–Crippen MR) is 104 cm³/mol. The third-order valence-corrected chi connectivity index (χ3v) is 4.55. The molecule has 0 unspecified atom stereocenters. The van der Waals surface area contributed by atoms with E-state index in [-0.39, 0.29) is 11.4 Å². The fraction of sp³-hybridized carbons (Fsp3) is 0.238. The highest BCUT2D eigenvalue weighted by atomic mass is 19.1. The highest BCUT2D eigenvalue weighted by Crippen LogP contribution is 2.22. The predicted octanol–water partition coefficient (Wildman–Crippen LogP) is 3.89. The van der Waals surface area contributed by atoms with Crippen LogP contribution in [0.3, 0.4) is 0 Å². The monoisotopic (exact) mass is 378 g/mol. The second kappa shape index (κ2) is 7.34.